The Morgan fingerprint density at radius 2 is 1.92 bits per heavy atom. The van der Waals surface area contributed by atoms with Gasteiger partial charge in [-0.3, -0.25) is 10.1 Å². The maximum absolute atomic E-state index is 13.9. The summed E-state index contributed by atoms with van der Waals surface area (Å²) in [5, 5.41) is 11.1. The summed E-state index contributed by atoms with van der Waals surface area (Å²) < 4.78 is 41.2. The number of hydrogen-bond acceptors (Lipinski definition) is 4. The molecule has 0 unspecified atom stereocenters. The van der Waals surface area contributed by atoms with Crippen molar-refractivity contribution < 1.29 is 17.7 Å². The summed E-state index contributed by atoms with van der Waals surface area (Å²) in [5.41, 5.74) is 0.415. The summed E-state index contributed by atoms with van der Waals surface area (Å²) in [6, 6.07) is 9.64. The first-order valence-electron chi connectivity index (χ1n) is 7.81. The molecule has 1 aliphatic rings. The first-order valence-corrected chi connectivity index (χ1v) is 9.25. The van der Waals surface area contributed by atoms with Crippen molar-refractivity contribution in [3.8, 4) is 0 Å². The van der Waals surface area contributed by atoms with Crippen LogP contribution < -0.4 is 0 Å². The van der Waals surface area contributed by atoms with Crippen LogP contribution in [0, 0.1) is 22.9 Å². The molecule has 0 aromatic heterocycles. The smallest absolute Gasteiger partial charge is 0.258 e. The van der Waals surface area contributed by atoms with Gasteiger partial charge in [-0.1, -0.05) is 24.3 Å². The van der Waals surface area contributed by atoms with Gasteiger partial charge in [0.15, 0.2) is 0 Å². The molecule has 0 bridgehead atoms. The molecular formula is C17H17FN2O4S. The van der Waals surface area contributed by atoms with E-state index < -0.39 is 20.8 Å². The van der Waals surface area contributed by atoms with Gasteiger partial charge in [0, 0.05) is 29.8 Å². The van der Waals surface area contributed by atoms with Gasteiger partial charge in [0.25, 0.3) is 5.69 Å². The highest BCUT2D eigenvalue weighted by Crippen LogP contribution is 2.35. The van der Waals surface area contributed by atoms with Gasteiger partial charge in [-0.2, -0.15) is 4.31 Å². The average molecular weight is 364 g/mol. The molecule has 1 aliphatic carbocycles. The quantitative estimate of drug-likeness (QED) is 0.581. The number of aryl methyl sites for hydroxylation is 1. The second-order valence-electron chi connectivity index (χ2n) is 6.08. The molecule has 0 radical (unpaired) electrons. The van der Waals surface area contributed by atoms with E-state index in [0.717, 1.165) is 6.07 Å². The molecule has 0 amide bonds. The fraction of sp³-hybridized carbons (Fsp3) is 0.294. The minimum Gasteiger partial charge on any atom is -0.258 e. The molecule has 2 aromatic rings. The highest BCUT2D eigenvalue weighted by atomic mass is 32.2. The molecule has 6 nitrogen and oxygen atoms in total. The zero-order valence-corrected chi connectivity index (χ0v) is 14.4. The Hall–Kier alpha value is -2.32. The number of halogens is 1. The molecule has 3 rings (SSSR count). The molecular weight excluding hydrogens is 347 g/mol. The lowest BCUT2D eigenvalue weighted by molar-refractivity contribution is -0.385. The number of hydrogen-bond donors (Lipinski definition) is 0. The van der Waals surface area contributed by atoms with E-state index in [9.17, 15) is 22.9 Å². The summed E-state index contributed by atoms with van der Waals surface area (Å²) in [6.45, 7) is 1.45. The Morgan fingerprint density at radius 3 is 2.52 bits per heavy atom. The standard InChI is InChI=1S/C17H17FN2O4S/c1-12-6-9-15(10-17(12)20(21)22)25(23,24)19(14-7-8-14)11-13-4-2-3-5-16(13)18/h2-6,9-10,14H,7-8,11H2,1H3. The number of benzene rings is 2. The predicted molar refractivity (Wildman–Crippen MR) is 90.0 cm³/mol. The molecule has 132 valence electrons. The third-order valence-electron chi connectivity index (χ3n) is 4.22. The van der Waals surface area contributed by atoms with E-state index in [1.54, 1.807) is 13.0 Å². The Bertz CT molecular complexity index is 926. The zero-order valence-electron chi connectivity index (χ0n) is 13.6. The monoisotopic (exact) mass is 364 g/mol. The number of sulfonamides is 1. The van der Waals surface area contributed by atoms with Crippen molar-refractivity contribution in [3.63, 3.8) is 0 Å². The highest BCUT2D eigenvalue weighted by molar-refractivity contribution is 7.89. The van der Waals surface area contributed by atoms with Crippen LogP contribution in [0.15, 0.2) is 47.4 Å². The lowest BCUT2D eigenvalue weighted by Gasteiger charge is -2.22. The summed E-state index contributed by atoms with van der Waals surface area (Å²) in [6.07, 6.45) is 1.39. The average Bonchev–Trinajstić information content (AvgIpc) is 3.38. The van der Waals surface area contributed by atoms with Crippen molar-refractivity contribution in [1.82, 2.24) is 4.31 Å². The van der Waals surface area contributed by atoms with E-state index in [2.05, 4.69) is 0 Å². The van der Waals surface area contributed by atoms with Crippen molar-refractivity contribution in [2.75, 3.05) is 0 Å². The Balaban J connectivity index is 2.00. The third kappa shape index (κ3) is 3.54. The van der Waals surface area contributed by atoms with Gasteiger partial charge in [0.1, 0.15) is 5.82 Å². The van der Waals surface area contributed by atoms with Crippen LogP contribution in [0.4, 0.5) is 10.1 Å². The zero-order chi connectivity index (χ0) is 18.2. The van der Waals surface area contributed by atoms with Crippen molar-refractivity contribution in [1.29, 1.82) is 0 Å². The fourth-order valence-corrected chi connectivity index (χ4v) is 4.33. The van der Waals surface area contributed by atoms with E-state index in [1.165, 1.54) is 34.6 Å². The first kappa shape index (κ1) is 17.5. The Labute approximate surface area is 145 Å². The number of nitro groups is 1. The van der Waals surface area contributed by atoms with Crippen LogP contribution in [0.3, 0.4) is 0 Å². The summed E-state index contributed by atoms with van der Waals surface area (Å²) >= 11 is 0. The second kappa shape index (κ2) is 6.53. The largest absolute Gasteiger partial charge is 0.273 e. The molecule has 0 N–H and O–H groups in total. The Kier molecular flexibility index (Phi) is 4.57. The normalized spacial score (nSPS) is 14.7. The van der Waals surface area contributed by atoms with Crippen LogP contribution >= 0.6 is 0 Å². The van der Waals surface area contributed by atoms with E-state index in [4.69, 9.17) is 0 Å². The van der Waals surface area contributed by atoms with Gasteiger partial charge in [-0.15, -0.1) is 0 Å². The van der Waals surface area contributed by atoms with Crippen LogP contribution in [-0.4, -0.2) is 23.7 Å². The van der Waals surface area contributed by atoms with Gasteiger partial charge in [-0.25, -0.2) is 12.8 Å². The van der Waals surface area contributed by atoms with Gasteiger partial charge in [0.05, 0.1) is 9.82 Å². The van der Waals surface area contributed by atoms with Crippen molar-refractivity contribution in [2.45, 2.75) is 37.2 Å². The van der Waals surface area contributed by atoms with Gasteiger partial charge >= 0.3 is 0 Å². The van der Waals surface area contributed by atoms with Crippen molar-refractivity contribution in [2.24, 2.45) is 0 Å². The molecule has 1 saturated carbocycles. The lowest BCUT2D eigenvalue weighted by Crippen LogP contribution is -2.33. The van der Waals surface area contributed by atoms with Crippen molar-refractivity contribution >= 4 is 15.7 Å². The summed E-state index contributed by atoms with van der Waals surface area (Å²) in [7, 11) is -3.96. The topological polar surface area (TPSA) is 80.5 Å². The minimum atomic E-state index is -3.96. The lowest BCUT2D eigenvalue weighted by atomic mass is 10.2. The van der Waals surface area contributed by atoms with E-state index in [1.807, 2.05) is 0 Å². The van der Waals surface area contributed by atoms with Gasteiger partial charge in [0.2, 0.25) is 10.0 Å². The van der Waals surface area contributed by atoms with Crippen LogP contribution in [-0.2, 0) is 16.6 Å². The molecule has 0 heterocycles. The fourth-order valence-electron chi connectivity index (χ4n) is 2.65. The van der Waals surface area contributed by atoms with Crippen LogP contribution in [0.5, 0.6) is 0 Å². The predicted octanol–water partition coefficient (Wildman–Crippen LogP) is 3.40. The van der Waals surface area contributed by atoms with Gasteiger partial charge in [-0.05, 0) is 31.9 Å². The Morgan fingerprint density at radius 1 is 1.24 bits per heavy atom. The molecule has 0 spiro atoms. The minimum absolute atomic E-state index is 0.0959. The first-order chi connectivity index (χ1) is 11.8. The molecule has 0 saturated heterocycles. The SMILES string of the molecule is Cc1ccc(S(=O)(=O)N(Cc2ccccc2F)C2CC2)cc1[N+](=O)[O-]. The van der Waals surface area contributed by atoms with Crippen LogP contribution in [0.1, 0.15) is 24.0 Å². The molecule has 8 heteroatoms. The number of nitro benzene ring substituents is 1. The second-order valence-corrected chi connectivity index (χ2v) is 7.97. The van der Waals surface area contributed by atoms with Crippen molar-refractivity contribution in [3.05, 3.63) is 69.5 Å². The molecule has 2 aromatic carbocycles. The van der Waals surface area contributed by atoms with Gasteiger partial charge < -0.3 is 0 Å². The number of rotatable bonds is 6. The molecule has 0 aliphatic heterocycles. The third-order valence-corrected chi connectivity index (χ3v) is 6.12. The summed E-state index contributed by atoms with van der Waals surface area (Å²) in [5.74, 6) is -0.474. The highest BCUT2D eigenvalue weighted by Gasteiger charge is 2.39. The van der Waals surface area contributed by atoms with Crippen LogP contribution in [0.25, 0.3) is 0 Å². The summed E-state index contributed by atoms with van der Waals surface area (Å²) in [4.78, 5) is 10.4. The molecule has 1 fully saturated rings. The van der Waals surface area contributed by atoms with Crippen LogP contribution in [0.2, 0.25) is 0 Å². The van der Waals surface area contributed by atoms with E-state index in [0.29, 0.717) is 18.4 Å². The maximum atomic E-state index is 13.9. The van der Waals surface area contributed by atoms with E-state index in [-0.39, 0.29) is 28.7 Å². The molecule has 25 heavy (non-hydrogen) atoms. The number of nitrogens with zero attached hydrogens (tertiary/aromatic N) is 2. The maximum Gasteiger partial charge on any atom is 0.273 e. The van der Waals surface area contributed by atoms with E-state index >= 15 is 0 Å². The molecule has 0 atom stereocenters.